The number of hydrogen-bond acceptors (Lipinski definition) is 4. The second-order valence-corrected chi connectivity index (χ2v) is 4.44. The van der Waals surface area contributed by atoms with Gasteiger partial charge in [0.2, 0.25) is 0 Å². The highest BCUT2D eigenvalue weighted by atomic mass is 16.5. The Morgan fingerprint density at radius 1 is 1.32 bits per heavy atom. The van der Waals surface area contributed by atoms with Crippen LogP contribution in [0.2, 0.25) is 0 Å². The molecule has 2 aromatic rings. The Labute approximate surface area is 111 Å². The van der Waals surface area contributed by atoms with Crippen LogP contribution < -0.4 is 10.3 Å². The van der Waals surface area contributed by atoms with Gasteiger partial charge < -0.3 is 14.4 Å². The monoisotopic (exact) mass is 260 g/mol. The van der Waals surface area contributed by atoms with E-state index in [-0.39, 0.29) is 24.1 Å². The Morgan fingerprint density at radius 3 is 2.58 bits per heavy atom. The highest BCUT2D eigenvalue weighted by Crippen LogP contribution is 2.17. The molecule has 1 aromatic carbocycles. The summed E-state index contributed by atoms with van der Waals surface area (Å²) in [6.07, 6.45) is 3.17. The molecule has 0 saturated carbocycles. The molecule has 0 bridgehead atoms. The Kier molecular flexibility index (Phi) is 3.97. The summed E-state index contributed by atoms with van der Waals surface area (Å²) in [5.74, 6) is 0.566. The summed E-state index contributed by atoms with van der Waals surface area (Å²) < 4.78 is 7.03. The molecule has 0 atom stereocenters. The van der Waals surface area contributed by atoms with Gasteiger partial charge in [-0.3, -0.25) is 4.79 Å². The van der Waals surface area contributed by atoms with E-state index in [0.717, 1.165) is 5.56 Å². The molecule has 0 radical (unpaired) electrons. The molecule has 0 fully saturated rings. The number of aromatic nitrogens is 2. The lowest BCUT2D eigenvalue weighted by atomic mass is 10.2. The van der Waals surface area contributed by atoms with Gasteiger partial charge in [-0.25, -0.2) is 4.98 Å². The Morgan fingerprint density at radius 2 is 2.00 bits per heavy atom. The van der Waals surface area contributed by atoms with Crippen molar-refractivity contribution in [1.29, 1.82) is 0 Å². The number of benzene rings is 1. The number of rotatable bonds is 4. The second-order valence-electron chi connectivity index (χ2n) is 4.44. The smallest absolute Gasteiger partial charge is 0.313 e. The van der Waals surface area contributed by atoms with Gasteiger partial charge in [0.05, 0.1) is 6.61 Å². The first kappa shape index (κ1) is 13.3. The van der Waals surface area contributed by atoms with Crippen LogP contribution in [0.1, 0.15) is 25.5 Å². The van der Waals surface area contributed by atoms with Crippen LogP contribution in [0, 0.1) is 0 Å². The predicted molar refractivity (Wildman–Crippen MR) is 71.3 cm³/mol. The fraction of sp³-hybridized carbons (Fsp3) is 0.286. The first-order chi connectivity index (χ1) is 9.11. The summed E-state index contributed by atoms with van der Waals surface area (Å²) >= 11 is 0. The molecule has 0 unspecified atom stereocenters. The molecular weight excluding hydrogens is 244 g/mol. The average molecular weight is 260 g/mol. The van der Waals surface area contributed by atoms with Crippen LogP contribution in [0.15, 0.2) is 41.5 Å². The van der Waals surface area contributed by atoms with Gasteiger partial charge in [-0.15, -0.1) is 0 Å². The van der Waals surface area contributed by atoms with E-state index in [4.69, 9.17) is 9.84 Å². The Balaban J connectivity index is 2.28. The standard InChI is InChI=1S/C14H16N2O3/c1-10(2)16-8-7-15-13(14(16)18)19-12-5-3-11(9-17)4-6-12/h3-8,10,17H,9H2,1-2H3. The van der Waals surface area contributed by atoms with Crippen molar-refractivity contribution in [3.63, 3.8) is 0 Å². The van der Waals surface area contributed by atoms with E-state index in [2.05, 4.69) is 4.98 Å². The zero-order chi connectivity index (χ0) is 13.8. The normalized spacial score (nSPS) is 10.7. The van der Waals surface area contributed by atoms with E-state index in [0.29, 0.717) is 5.75 Å². The minimum atomic E-state index is -0.260. The van der Waals surface area contributed by atoms with Gasteiger partial charge >= 0.3 is 5.56 Å². The fourth-order valence-electron chi connectivity index (χ4n) is 1.66. The van der Waals surface area contributed by atoms with Crippen molar-refractivity contribution in [1.82, 2.24) is 9.55 Å². The van der Waals surface area contributed by atoms with Gasteiger partial charge in [0, 0.05) is 18.4 Å². The van der Waals surface area contributed by atoms with Crippen LogP contribution in [0.25, 0.3) is 0 Å². The van der Waals surface area contributed by atoms with Crippen molar-refractivity contribution in [2.75, 3.05) is 0 Å². The number of ether oxygens (including phenoxy) is 1. The topological polar surface area (TPSA) is 64.3 Å². The lowest BCUT2D eigenvalue weighted by Gasteiger charge is -2.11. The van der Waals surface area contributed by atoms with E-state index in [1.807, 2.05) is 13.8 Å². The maximum absolute atomic E-state index is 12.1. The van der Waals surface area contributed by atoms with Crippen molar-refractivity contribution in [3.05, 3.63) is 52.6 Å². The van der Waals surface area contributed by atoms with Crippen molar-refractivity contribution < 1.29 is 9.84 Å². The molecule has 19 heavy (non-hydrogen) atoms. The van der Waals surface area contributed by atoms with Crippen molar-refractivity contribution in [3.8, 4) is 11.6 Å². The molecule has 0 aliphatic rings. The molecule has 1 aromatic heterocycles. The number of aliphatic hydroxyl groups excluding tert-OH is 1. The van der Waals surface area contributed by atoms with Gasteiger partial charge in [0.15, 0.2) is 0 Å². The van der Waals surface area contributed by atoms with Gasteiger partial charge in [0.1, 0.15) is 5.75 Å². The van der Waals surface area contributed by atoms with E-state index in [1.54, 1.807) is 41.2 Å². The first-order valence-electron chi connectivity index (χ1n) is 6.06. The third-order valence-corrected chi connectivity index (χ3v) is 2.71. The quantitative estimate of drug-likeness (QED) is 0.914. The van der Waals surface area contributed by atoms with Gasteiger partial charge in [-0.1, -0.05) is 12.1 Å². The highest BCUT2D eigenvalue weighted by Gasteiger charge is 2.09. The third kappa shape index (κ3) is 3.00. The van der Waals surface area contributed by atoms with Crippen molar-refractivity contribution >= 4 is 0 Å². The highest BCUT2D eigenvalue weighted by molar-refractivity contribution is 5.29. The van der Waals surface area contributed by atoms with E-state index < -0.39 is 0 Å². The maximum atomic E-state index is 12.1. The van der Waals surface area contributed by atoms with Crippen LogP contribution in [-0.2, 0) is 6.61 Å². The second kappa shape index (κ2) is 5.67. The summed E-state index contributed by atoms with van der Waals surface area (Å²) in [4.78, 5) is 16.0. The zero-order valence-electron chi connectivity index (χ0n) is 10.9. The molecule has 100 valence electrons. The van der Waals surface area contributed by atoms with E-state index in [1.165, 1.54) is 0 Å². The Bertz CT molecular complexity index is 603. The molecule has 1 heterocycles. The molecule has 0 aliphatic carbocycles. The molecule has 0 amide bonds. The molecular formula is C14H16N2O3. The molecule has 2 rings (SSSR count). The predicted octanol–water partition coefficient (Wildman–Crippen LogP) is 2.11. The van der Waals surface area contributed by atoms with Crippen LogP contribution in [0.3, 0.4) is 0 Å². The lowest BCUT2D eigenvalue weighted by molar-refractivity contribution is 0.281. The van der Waals surface area contributed by atoms with Crippen LogP contribution >= 0.6 is 0 Å². The molecule has 5 heteroatoms. The van der Waals surface area contributed by atoms with Crippen LogP contribution in [0.4, 0.5) is 0 Å². The van der Waals surface area contributed by atoms with Crippen molar-refractivity contribution in [2.45, 2.75) is 26.5 Å². The van der Waals surface area contributed by atoms with Gasteiger partial charge in [0.25, 0.3) is 5.88 Å². The van der Waals surface area contributed by atoms with Gasteiger partial charge in [-0.05, 0) is 31.5 Å². The summed E-state index contributed by atoms with van der Waals surface area (Å²) in [5, 5.41) is 8.95. The minimum absolute atomic E-state index is 0.0238. The number of hydrogen-bond donors (Lipinski definition) is 1. The summed E-state index contributed by atoms with van der Waals surface area (Å²) in [6.45, 7) is 3.81. The average Bonchev–Trinajstić information content (AvgIpc) is 2.41. The van der Waals surface area contributed by atoms with Crippen molar-refractivity contribution in [2.24, 2.45) is 0 Å². The molecule has 0 aliphatic heterocycles. The third-order valence-electron chi connectivity index (χ3n) is 2.71. The van der Waals surface area contributed by atoms with Crippen LogP contribution in [-0.4, -0.2) is 14.7 Å². The SMILES string of the molecule is CC(C)n1ccnc(Oc2ccc(CO)cc2)c1=O. The summed E-state index contributed by atoms with van der Waals surface area (Å²) in [6, 6.07) is 6.91. The van der Waals surface area contributed by atoms with E-state index >= 15 is 0 Å². The first-order valence-corrected chi connectivity index (χ1v) is 6.06. The maximum Gasteiger partial charge on any atom is 0.313 e. The van der Waals surface area contributed by atoms with E-state index in [9.17, 15) is 4.79 Å². The fourth-order valence-corrected chi connectivity index (χ4v) is 1.66. The van der Waals surface area contributed by atoms with Crippen LogP contribution in [0.5, 0.6) is 11.6 Å². The largest absolute Gasteiger partial charge is 0.435 e. The number of nitrogens with zero attached hydrogens (tertiary/aromatic N) is 2. The summed E-state index contributed by atoms with van der Waals surface area (Å²) in [5.41, 5.74) is 0.525. The molecule has 0 saturated heterocycles. The molecule has 1 N–H and O–H groups in total. The molecule has 0 spiro atoms. The zero-order valence-corrected chi connectivity index (χ0v) is 10.9. The summed E-state index contributed by atoms with van der Waals surface area (Å²) in [7, 11) is 0. The lowest BCUT2D eigenvalue weighted by Crippen LogP contribution is -2.23. The number of aliphatic hydroxyl groups is 1. The molecule has 5 nitrogen and oxygen atoms in total. The Hall–Kier alpha value is -2.14. The minimum Gasteiger partial charge on any atom is -0.435 e. The van der Waals surface area contributed by atoms with Gasteiger partial charge in [-0.2, -0.15) is 0 Å².